The normalized spacial score (nSPS) is 9.94. The minimum absolute atomic E-state index is 0. The number of carboxylic acid groups (broad SMARTS) is 1. The van der Waals surface area contributed by atoms with E-state index in [0.717, 1.165) is 6.07 Å². The first kappa shape index (κ1) is 18.8. The molecule has 0 atom stereocenters. The van der Waals surface area contributed by atoms with Crippen molar-refractivity contribution in [2.45, 2.75) is 4.90 Å². The van der Waals surface area contributed by atoms with Gasteiger partial charge in [0.1, 0.15) is 0 Å². The molecule has 0 aliphatic carbocycles. The van der Waals surface area contributed by atoms with Crippen LogP contribution in [0.1, 0.15) is 10.4 Å². The minimum Gasteiger partial charge on any atom is -0.871 e. The summed E-state index contributed by atoms with van der Waals surface area (Å²) in [6, 6.07) is 1.43. The van der Waals surface area contributed by atoms with Gasteiger partial charge in [0.25, 0.3) is 10.1 Å². The zero-order chi connectivity index (χ0) is 11.8. The largest absolute Gasteiger partial charge is 1.00 e. The molecule has 10 heteroatoms. The third-order valence-corrected chi connectivity index (χ3v) is 2.43. The van der Waals surface area contributed by atoms with Gasteiger partial charge in [-0.3, -0.25) is 4.55 Å². The van der Waals surface area contributed by atoms with E-state index in [2.05, 4.69) is 0 Å². The topological polar surface area (TPSA) is 144 Å². The van der Waals surface area contributed by atoms with E-state index in [0.29, 0.717) is 6.07 Å². The van der Waals surface area contributed by atoms with Crippen molar-refractivity contribution in [3.63, 3.8) is 0 Å². The molecule has 0 aromatic heterocycles. The van der Waals surface area contributed by atoms with Gasteiger partial charge in [-0.25, -0.2) is 0 Å². The molecular weight excluding hydrogens is 240 g/mol. The van der Waals surface area contributed by atoms with Crippen molar-refractivity contribution < 1.29 is 65.7 Å². The maximum Gasteiger partial charge on any atom is 1.00 e. The molecule has 7 nitrogen and oxygen atoms in total. The maximum absolute atomic E-state index is 11.2. The SMILES string of the molecule is Nc1cc(C(=O)[O-])c([O-])c(S(=O)(=O)O)c1.[Li+].[Li+]. The molecule has 82 valence electrons. The van der Waals surface area contributed by atoms with E-state index in [4.69, 9.17) is 10.3 Å². The van der Waals surface area contributed by atoms with Crippen LogP contribution in [0.5, 0.6) is 5.75 Å². The summed E-state index contributed by atoms with van der Waals surface area (Å²) in [6.45, 7) is 0. The monoisotopic (exact) mass is 245 g/mol. The predicted molar refractivity (Wildman–Crippen MR) is 44.4 cm³/mol. The van der Waals surface area contributed by atoms with Gasteiger partial charge in [0.05, 0.1) is 10.9 Å². The summed E-state index contributed by atoms with van der Waals surface area (Å²) in [6.07, 6.45) is 0. The first-order valence-corrected chi connectivity index (χ1v) is 4.97. The van der Waals surface area contributed by atoms with Crippen LogP contribution < -0.4 is 53.7 Å². The molecule has 0 heterocycles. The Hall–Kier alpha value is -0.605. The summed E-state index contributed by atoms with van der Waals surface area (Å²) >= 11 is 0. The average molecular weight is 245 g/mol. The fraction of sp³-hybridized carbons (Fsp3) is 0. The van der Waals surface area contributed by atoms with Crippen molar-refractivity contribution in [2.75, 3.05) is 5.73 Å². The van der Waals surface area contributed by atoms with Gasteiger partial charge in [-0.2, -0.15) is 8.42 Å². The quantitative estimate of drug-likeness (QED) is 0.299. The van der Waals surface area contributed by atoms with Gasteiger partial charge in [0.15, 0.2) is 0 Å². The summed E-state index contributed by atoms with van der Waals surface area (Å²) in [7, 11) is -4.80. The molecule has 3 N–H and O–H groups in total. The van der Waals surface area contributed by atoms with Crippen LogP contribution in [-0.4, -0.2) is 18.9 Å². The van der Waals surface area contributed by atoms with Crippen LogP contribution >= 0.6 is 0 Å². The molecule has 1 aromatic rings. The van der Waals surface area contributed by atoms with Crippen molar-refractivity contribution in [3.05, 3.63) is 17.7 Å². The standard InChI is InChI=1S/C7H7NO6S.2Li/c8-3-1-4(7(10)11)6(9)5(2-3)15(12,13)14;;/h1-2,9H,8H2,(H,10,11)(H,12,13,14);;/q;2*+1/p-2. The number of carboxylic acids is 1. The molecule has 0 saturated carbocycles. The molecule has 0 radical (unpaired) electrons. The molecule has 0 aliphatic rings. The van der Waals surface area contributed by atoms with Crippen molar-refractivity contribution in [1.29, 1.82) is 0 Å². The van der Waals surface area contributed by atoms with Crippen LogP contribution in [0.2, 0.25) is 0 Å². The molecule has 0 bridgehead atoms. The number of hydrogen-bond donors (Lipinski definition) is 2. The Morgan fingerprint density at radius 3 is 2.12 bits per heavy atom. The fourth-order valence-electron chi connectivity index (χ4n) is 0.967. The molecule has 0 fully saturated rings. The Bertz CT molecular complexity index is 529. The second kappa shape index (κ2) is 6.36. The van der Waals surface area contributed by atoms with E-state index in [1.807, 2.05) is 0 Å². The number of rotatable bonds is 2. The van der Waals surface area contributed by atoms with Gasteiger partial charge in [-0.15, -0.1) is 0 Å². The van der Waals surface area contributed by atoms with Gasteiger partial charge in [0, 0.05) is 5.69 Å². The first-order chi connectivity index (χ1) is 6.73. The van der Waals surface area contributed by atoms with Crippen LogP contribution in [0.3, 0.4) is 0 Å². The van der Waals surface area contributed by atoms with Crippen LogP contribution in [0, 0.1) is 0 Å². The number of nitrogen functional groups attached to an aromatic ring is 1. The third-order valence-electron chi connectivity index (χ3n) is 1.58. The number of hydrogen-bond acceptors (Lipinski definition) is 6. The maximum atomic E-state index is 11.2. The van der Waals surface area contributed by atoms with Crippen molar-refractivity contribution in [3.8, 4) is 5.75 Å². The fourth-order valence-corrected chi connectivity index (χ4v) is 1.60. The van der Waals surface area contributed by atoms with Gasteiger partial charge in [0.2, 0.25) is 0 Å². The molecule has 1 rings (SSSR count). The zero-order valence-corrected chi connectivity index (χ0v) is 9.95. The van der Waals surface area contributed by atoms with Gasteiger partial charge < -0.3 is 20.7 Å². The molecule has 0 spiro atoms. The Labute approximate surface area is 121 Å². The van der Waals surface area contributed by atoms with E-state index >= 15 is 0 Å². The predicted octanol–water partition coefficient (Wildman–Crippen LogP) is -8.04. The Balaban J connectivity index is 0. The van der Waals surface area contributed by atoms with E-state index in [1.54, 1.807) is 0 Å². The van der Waals surface area contributed by atoms with Crippen LogP contribution in [0.15, 0.2) is 17.0 Å². The third kappa shape index (κ3) is 4.28. The number of anilines is 1. The summed E-state index contributed by atoms with van der Waals surface area (Å²) in [4.78, 5) is 9.33. The zero-order valence-electron chi connectivity index (χ0n) is 9.13. The first-order valence-electron chi connectivity index (χ1n) is 3.53. The number of nitrogens with two attached hydrogens (primary N) is 1. The molecule has 0 amide bonds. The number of benzene rings is 1. The second-order valence-corrected chi connectivity index (χ2v) is 4.05. The van der Waals surface area contributed by atoms with E-state index in [9.17, 15) is 23.4 Å². The number of carbonyl (C=O) groups is 1. The Morgan fingerprint density at radius 2 is 1.76 bits per heavy atom. The van der Waals surface area contributed by atoms with Crippen molar-refractivity contribution in [2.24, 2.45) is 0 Å². The molecule has 0 aliphatic heterocycles. The Kier molecular flexibility index (Phi) is 7.02. The summed E-state index contributed by atoms with van der Waals surface area (Å²) in [5.41, 5.74) is 3.97. The van der Waals surface area contributed by atoms with E-state index in [-0.39, 0.29) is 43.4 Å². The molecular formula is C7H5Li2NO6S. The number of aromatic carboxylic acids is 1. The molecule has 1 aromatic carbocycles. The molecule has 0 unspecified atom stereocenters. The van der Waals surface area contributed by atoms with Gasteiger partial charge in [-0.05, 0) is 17.7 Å². The minimum atomic E-state index is -4.80. The summed E-state index contributed by atoms with van der Waals surface area (Å²) in [5.74, 6) is -3.22. The van der Waals surface area contributed by atoms with Crippen LogP contribution in [0.25, 0.3) is 0 Å². The van der Waals surface area contributed by atoms with Crippen molar-refractivity contribution >= 4 is 21.8 Å². The van der Waals surface area contributed by atoms with Crippen LogP contribution in [0.4, 0.5) is 5.69 Å². The van der Waals surface area contributed by atoms with Crippen molar-refractivity contribution in [1.82, 2.24) is 0 Å². The number of carbonyl (C=O) groups excluding carboxylic acids is 1. The Morgan fingerprint density at radius 1 is 1.29 bits per heavy atom. The van der Waals surface area contributed by atoms with E-state index in [1.165, 1.54) is 0 Å². The second-order valence-electron chi connectivity index (χ2n) is 2.66. The van der Waals surface area contributed by atoms with Crippen LogP contribution in [-0.2, 0) is 10.1 Å². The molecule has 0 saturated heterocycles. The van der Waals surface area contributed by atoms with Gasteiger partial charge >= 0.3 is 37.7 Å². The molecule has 17 heavy (non-hydrogen) atoms. The van der Waals surface area contributed by atoms with Gasteiger partial charge in [-0.1, -0.05) is 5.75 Å². The average Bonchev–Trinajstić information content (AvgIpc) is 2.06. The summed E-state index contributed by atoms with van der Waals surface area (Å²) in [5, 5.41) is 21.6. The van der Waals surface area contributed by atoms with E-state index < -0.39 is 32.3 Å². The summed E-state index contributed by atoms with van der Waals surface area (Å²) < 4.78 is 29.9. The smallest absolute Gasteiger partial charge is 0.871 e.